The van der Waals surface area contributed by atoms with Crippen molar-refractivity contribution in [1.82, 2.24) is 0 Å². The standard InChI is InChI=1S/C31H24Si/c1-4-14-24(15-5-1)32(25-16-6-2-7-17-25,26-18-8-3-9-19-26)31-29-22-12-10-20-27(29)28-21-11-13-23-30(28)31/h1-23,31H. The Kier molecular flexibility index (Phi) is 4.63. The topological polar surface area (TPSA) is 0 Å². The Labute approximate surface area is 190 Å². The van der Waals surface area contributed by atoms with Crippen molar-refractivity contribution in [2.75, 3.05) is 0 Å². The minimum absolute atomic E-state index is 0.307. The zero-order valence-electron chi connectivity index (χ0n) is 17.9. The maximum Gasteiger partial charge on any atom is 0.159 e. The Morgan fingerprint density at radius 3 is 1.03 bits per heavy atom. The van der Waals surface area contributed by atoms with E-state index < -0.39 is 8.07 Å². The second-order valence-corrected chi connectivity index (χ2v) is 12.4. The molecule has 1 aliphatic rings. The zero-order chi connectivity index (χ0) is 21.4. The molecule has 0 radical (unpaired) electrons. The molecule has 0 saturated carbocycles. The van der Waals surface area contributed by atoms with Crippen molar-refractivity contribution in [2.45, 2.75) is 5.54 Å². The van der Waals surface area contributed by atoms with Gasteiger partial charge in [0.25, 0.3) is 0 Å². The lowest BCUT2D eigenvalue weighted by molar-refractivity contribution is 1.15. The molecule has 6 rings (SSSR count). The summed E-state index contributed by atoms with van der Waals surface area (Å²) >= 11 is 0. The Morgan fingerprint density at radius 1 is 0.344 bits per heavy atom. The van der Waals surface area contributed by atoms with E-state index >= 15 is 0 Å². The van der Waals surface area contributed by atoms with Crippen molar-refractivity contribution in [3.8, 4) is 11.1 Å². The predicted octanol–water partition coefficient (Wildman–Crippen LogP) is 5.51. The summed E-state index contributed by atoms with van der Waals surface area (Å²) in [4.78, 5) is 0. The van der Waals surface area contributed by atoms with E-state index in [0.29, 0.717) is 5.54 Å². The van der Waals surface area contributed by atoms with Crippen LogP contribution in [0.1, 0.15) is 16.7 Å². The second-order valence-electron chi connectivity index (χ2n) is 8.51. The molecule has 5 aromatic rings. The third-order valence-electron chi connectivity index (χ3n) is 6.95. The van der Waals surface area contributed by atoms with Gasteiger partial charge in [0.15, 0.2) is 8.07 Å². The zero-order valence-corrected chi connectivity index (χ0v) is 18.9. The number of fused-ring (bicyclic) bond motifs is 3. The lowest BCUT2D eigenvalue weighted by atomic mass is 10.1. The molecule has 1 heteroatoms. The summed E-state index contributed by atoms with van der Waals surface area (Å²) in [5, 5.41) is 4.36. The van der Waals surface area contributed by atoms with E-state index in [4.69, 9.17) is 0 Å². The Morgan fingerprint density at radius 2 is 0.656 bits per heavy atom. The number of benzene rings is 5. The summed E-state index contributed by atoms with van der Waals surface area (Å²) in [7, 11) is -2.49. The van der Waals surface area contributed by atoms with Gasteiger partial charge in [0, 0.05) is 5.54 Å². The first-order chi connectivity index (χ1) is 15.9. The van der Waals surface area contributed by atoms with Crippen LogP contribution in [0.5, 0.6) is 0 Å². The quantitative estimate of drug-likeness (QED) is 0.264. The number of rotatable bonds is 4. The van der Waals surface area contributed by atoms with Gasteiger partial charge in [-0.05, 0) is 37.8 Å². The van der Waals surface area contributed by atoms with Gasteiger partial charge in [-0.15, -0.1) is 0 Å². The third kappa shape index (κ3) is 2.75. The van der Waals surface area contributed by atoms with E-state index in [1.54, 1.807) is 0 Å². The van der Waals surface area contributed by atoms with Crippen LogP contribution in [0.3, 0.4) is 0 Å². The summed E-state index contributed by atoms with van der Waals surface area (Å²) in [6.45, 7) is 0. The first-order valence-electron chi connectivity index (χ1n) is 11.3. The normalized spacial score (nSPS) is 12.9. The maximum atomic E-state index is 2.36. The Hall–Kier alpha value is -3.68. The summed E-state index contributed by atoms with van der Waals surface area (Å²) in [5.74, 6) is 0. The van der Waals surface area contributed by atoms with E-state index in [9.17, 15) is 0 Å². The monoisotopic (exact) mass is 424 g/mol. The van der Waals surface area contributed by atoms with E-state index in [1.807, 2.05) is 0 Å². The molecule has 0 aliphatic heterocycles. The molecule has 0 unspecified atom stereocenters. The highest BCUT2D eigenvalue weighted by molar-refractivity contribution is 7.12. The van der Waals surface area contributed by atoms with E-state index in [0.717, 1.165) is 0 Å². The lowest BCUT2D eigenvalue weighted by Crippen LogP contribution is -2.70. The Bertz CT molecular complexity index is 1220. The smallest absolute Gasteiger partial charge is 0.0624 e. The molecule has 0 N–H and O–H groups in total. The van der Waals surface area contributed by atoms with Crippen molar-refractivity contribution < 1.29 is 0 Å². The summed E-state index contributed by atoms with van der Waals surface area (Å²) < 4.78 is 0. The highest BCUT2D eigenvalue weighted by atomic mass is 28.3. The largest absolute Gasteiger partial charge is 0.159 e. The molecule has 0 fully saturated rings. The molecular formula is C31H24Si. The van der Waals surface area contributed by atoms with Crippen molar-refractivity contribution in [3.05, 3.63) is 151 Å². The molecule has 32 heavy (non-hydrogen) atoms. The Balaban J connectivity index is 1.79. The van der Waals surface area contributed by atoms with E-state index in [2.05, 4.69) is 140 Å². The van der Waals surface area contributed by atoms with Gasteiger partial charge in [0.05, 0.1) is 0 Å². The highest BCUT2D eigenvalue weighted by Gasteiger charge is 2.50. The second kappa shape index (κ2) is 7.78. The first kappa shape index (κ1) is 19.0. The molecular weight excluding hydrogens is 400 g/mol. The van der Waals surface area contributed by atoms with Crippen LogP contribution < -0.4 is 15.6 Å². The van der Waals surface area contributed by atoms with Gasteiger partial charge in [-0.1, -0.05) is 140 Å². The van der Waals surface area contributed by atoms with Gasteiger partial charge < -0.3 is 0 Å². The molecule has 0 nitrogen and oxygen atoms in total. The van der Waals surface area contributed by atoms with Gasteiger partial charge in [-0.2, -0.15) is 0 Å². The molecule has 152 valence electrons. The fourth-order valence-electron chi connectivity index (χ4n) is 5.73. The fraction of sp³-hybridized carbons (Fsp3) is 0.0323. The minimum Gasteiger partial charge on any atom is -0.0624 e. The summed E-state index contributed by atoms with van der Waals surface area (Å²) in [6.07, 6.45) is 0. The van der Waals surface area contributed by atoms with Crippen LogP contribution in [0.15, 0.2) is 140 Å². The lowest BCUT2D eigenvalue weighted by Gasteiger charge is -2.40. The van der Waals surface area contributed by atoms with Crippen LogP contribution >= 0.6 is 0 Å². The molecule has 0 amide bonds. The first-order valence-corrected chi connectivity index (χ1v) is 13.3. The summed E-state index contributed by atoms with van der Waals surface area (Å²) in [6, 6.07) is 51.8. The number of hydrogen-bond donors (Lipinski definition) is 0. The predicted molar refractivity (Wildman–Crippen MR) is 138 cm³/mol. The maximum absolute atomic E-state index is 2.49. The molecule has 0 heterocycles. The molecule has 0 atom stereocenters. The molecule has 0 spiro atoms. The third-order valence-corrected chi connectivity index (χ3v) is 12.2. The van der Waals surface area contributed by atoms with Gasteiger partial charge in [-0.3, -0.25) is 0 Å². The van der Waals surface area contributed by atoms with Gasteiger partial charge >= 0.3 is 0 Å². The minimum atomic E-state index is -2.49. The molecule has 1 aliphatic carbocycles. The molecule has 5 aromatic carbocycles. The van der Waals surface area contributed by atoms with Crippen molar-refractivity contribution in [3.63, 3.8) is 0 Å². The van der Waals surface area contributed by atoms with Crippen LogP contribution in [0, 0.1) is 0 Å². The van der Waals surface area contributed by atoms with Crippen LogP contribution in [0.25, 0.3) is 11.1 Å². The summed E-state index contributed by atoms with van der Waals surface area (Å²) in [5.41, 5.74) is 5.98. The fourth-order valence-corrected chi connectivity index (χ4v) is 11.3. The number of hydrogen-bond acceptors (Lipinski definition) is 0. The average molecular weight is 425 g/mol. The van der Waals surface area contributed by atoms with Crippen LogP contribution in [-0.2, 0) is 0 Å². The van der Waals surface area contributed by atoms with Gasteiger partial charge in [0.2, 0.25) is 0 Å². The van der Waals surface area contributed by atoms with Crippen LogP contribution in [-0.4, -0.2) is 8.07 Å². The average Bonchev–Trinajstić information content (AvgIpc) is 3.22. The van der Waals surface area contributed by atoms with E-state index in [1.165, 1.54) is 37.8 Å². The van der Waals surface area contributed by atoms with Gasteiger partial charge in [-0.25, -0.2) is 0 Å². The van der Waals surface area contributed by atoms with E-state index in [-0.39, 0.29) is 0 Å². The highest BCUT2D eigenvalue weighted by Crippen LogP contribution is 2.48. The van der Waals surface area contributed by atoms with Crippen LogP contribution in [0.4, 0.5) is 0 Å². The van der Waals surface area contributed by atoms with Crippen molar-refractivity contribution >= 4 is 23.6 Å². The molecule has 0 aromatic heterocycles. The van der Waals surface area contributed by atoms with Crippen molar-refractivity contribution in [1.29, 1.82) is 0 Å². The molecule has 0 bridgehead atoms. The van der Waals surface area contributed by atoms with Crippen molar-refractivity contribution in [2.24, 2.45) is 0 Å². The SMILES string of the molecule is c1ccc([Si](c2ccccc2)(c2ccccc2)C2c3ccccc3-c3ccccc32)cc1. The van der Waals surface area contributed by atoms with Crippen LogP contribution in [0.2, 0.25) is 0 Å². The van der Waals surface area contributed by atoms with Gasteiger partial charge in [0.1, 0.15) is 0 Å². The molecule has 0 saturated heterocycles.